The summed E-state index contributed by atoms with van der Waals surface area (Å²) in [5, 5.41) is 5.53. The van der Waals surface area contributed by atoms with Crippen molar-refractivity contribution in [3.63, 3.8) is 0 Å². The molecule has 0 spiro atoms. The van der Waals surface area contributed by atoms with E-state index in [9.17, 15) is 0 Å². The minimum Gasteiger partial charge on any atom is -0.356 e. The second kappa shape index (κ2) is 5.56. The van der Waals surface area contributed by atoms with Crippen LogP contribution in [0.5, 0.6) is 0 Å². The summed E-state index contributed by atoms with van der Waals surface area (Å²) in [4.78, 5) is 3.40. The van der Waals surface area contributed by atoms with Gasteiger partial charge in [0.2, 0.25) is 0 Å². The average molecular weight is 277 g/mol. The third-order valence-electron chi connectivity index (χ3n) is 4.25. The van der Waals surface area contributed by atoms with Crippen molar-refractivity contribution in [2.75, 3.05) is 6.54 Å². The van der Waals surface area contributed by atoms with Gasteiger partial charge in [0.05, 0.1) is 5.02 Å². The highest BCUT2D eigenvalue weighted by Crippen LogP contribution is 2.30. The molecule has 2 nitrogen and oxygen atoms in total. The molecule has 0 aliphatic heterocycles. The van der Waals surface area contributed by atoms with Crippen molar-refractivity contribution in [2.45, 2.75) is 32.7 Å². The molecule has 1 aliphatic carbocycles. The van der Waals surface area contributed by atoms with Crippen LogP contribution in [0.15, 0.2) is 24.3 Å². The fourth-order valence-electron chi connectivity index (χ4n) is 3.20. The number of nitrogens with one attached hydrogen (secondary N) is 2. The van der Waals surface area contributed by atoms with Gasteiger partial charge in [-0.1, -0.05) is 43.1 Å². The van der Waals surface area contributed by atoms with Crippen molar-refractivity contribution < 1.29 is 0 Å². The molecule has 0 radical (unpaired) electrons. The Kier molecular flexibility index (Phi) is 3.81. The lowest BCUT2D eigenvalue weighted by Crippen LogP contribution is -2.21. The zero-order chi connectivity index (χ0) is 13.2. The average Bonchev–Trinajstić information content (AvgIpc) is 2.96. The third kappa shape index (κ3) is 2.80. The SMILES string of the molecule is CC1CCC(CNCc2[nH]c3ccccc3c2Cl)C1. The van der Waals surface area contributed by atoms with Gasteiger partial charge in [0.15, 0.2) is 0 Å². The predicted octanol–water partition coefficient (Wildman–Crippen LogP) is 4.35. The number of H-pyrrole nitrogens is 1. The van der Waals surface area contributed by atoms with Crippen LogP contribution >= 0.6 is 11.6 Å². The van der Waals surface area contributed by atoms with Gasteiger partial charge >= 0.3 is 0 Å². The molecule has 3 rings (SSSR count). The first-order chi connectivity index (χ1) is 9.24. The fraction of sp³-hybridized carbons (Fsp3) is 0.500. The summed E-state index contributed by atoms with van der Waals surface area (Å²) < 4.78 is 0. The Bertz CT molecular complexity index is 561. The minimum absolute atomic E-state index is 0.832. The van der Waals surface area contributed by atoms with E-state index >= 15 is 0 Å². The predicted molar refractivity (Wildman–Crippen MR) is 81.5 cm³/mol. The van der Waals surface area contributed by atoms with Crippen LogP contribution in [-0.2, 0) is 6.54 Å². The van der Waals surface area contributed by atoms with E-state index in [1.807, 2.05) is 12.1 Å². The summed E-state index contributed by atoms with van der Waals surface area (Å²) in [6.45, 7) is 4.29. The number of aromatic amines is 1. The van der Waals surface area contributed by atoms with Crippen LogP contribution in [0.4, 0.5) is 0 Å². The van der Waals surface area contributed by atoms with Crippen LogP contribution < -0.4 is 5.32 Å². The van der Waals surface area contributed by atoms with E-state index in [1.54, 1.807) is 0 Å². The van der Waals surface area contributed by atoms with Crippen LogP contribution in [0.1, 0.15) is 31.9 Å². The highest BCUT2D eigenvalue weighted by atomic mass is 35.5. The van der Waals surface area contributed by atoms with E-state index in [2.05, 4.69) is 29.4 Å². The molecule has 19 heavy (non-hydrogen) atoms. The number of halogens is 1. The van der Waals surface area contributed by atoms with Crippen LogP contribution in [-0.4, -0.2) is 11.5 Å². The van der Waals surface area contributed by atoms with Gasteiger partial charge in [-0.05, 0) is 37.3 Å². The summed E-state index contributed by atoms with van der Waals surface area (Å²) in [6.07, 6.45) is 4.13. The molecule has 2 aromatic rings. The number of hydrogen-bond acceptors (Lipinski definition) is 1. The Morgan fingerprint density at radius 3 is 2.89 bits per heavy atom. The smallest absolute Gasteiger partial charge is 0.0705 e. The fourth-order valence-corrected chi connectivity index (χ4v) is 3.48. The van der Waals surface area contributed by atoms with Gasteiger partial charge < -0.3 is 10.3 Å². The lowest BCUT2D eigenvalue weighted by molar-refractivity contribution is 0.469. The summed E-state index contributed by atoms with van der Waals surface area (Å²) in [5.74, 6) is 1.75. The molecule has 102 valence electrons. The van der Waals surface area contributed by atoms with Gasteiger partial charge in [-0.3, -0.25) is 0 Å². The van der Waals surface area contributed by atoms with E-state index in [1.165, 1.54) is 19.3 Å². The topological polar surface area (TPSA) is 27.8 Å². The van der Waals surface area contributed by atoms with Gasteiger partial charge in [0.25, 0.3) is 0 Å². The van der Waals surface area contributed by atoms with E-state index in [0.717, 1.165) is 46.5 Å². The molecule has 2 unspecified atom stereocenters. The molecule has 0 saturated heterocycles. The number of hydrogen-bond donors (Lipinski definition) is 2. The molecule has 1 aromatic heterocycles. The first-order valence-corrected chi connectivity index (χ1v) is 7.57. The van der Waals surface area contributed by atoms with Crippen molar-refractivity contribution in [3.05, 3.63) is 35.0 Å². The Balaban J connectivity index is 1.61. The molecular weight excluding hydrogens is 256 g/mol. The maximum absolute atomic E-state index is 6.40. The molecule has 1 saturated carbocycles. The van der Waals surface area contributed by atoms with Crippen molar-refractivity contribution in [3.8, 4) is 0 Å². The first kappa shape index (κ1) is 13.0. The van der Waals surface area contributed by atoms with E-state index in [4.69, 9.17) is 11.6 Å². The summed E-state index contributed by atoms with van der Waals surface area (Å²) >= 11 is 6.40. The molecular formula is C16H21ClN2. The lowest BCUT2D eigenvalue weighted by Gasteiger charge is -2.10. The summed E-state index contributed by atoms with van der Waals surface area (Å²) in [7, 11) is 0. The third-order valence-corrected chi connectivity index (χ3v) is 4.68. The minimum atomic E-state index is 0.832. The van der Waals surface area contributed by atoms with Crippen molar-refractivity contribution in [1.29, 1.82) is 0 Å². The van der Waals surface area contributed by atoms with Crippen molar-refractivity contribution in [1.82, 2.24) is 10.3 Å². The molecule has 2 N–H and O–H groups in total. The number of aromatic nitrogens is 1. The van der Waals surface area contributed by atoms with Crippen molar-refractivity contribution >= 4 is 22.5 Å². The quantitative estimate of drug-likeness (QED) is 0.854. The van der Waals surface area contributed by atoms with Crippen LogP contribution in [0, 0.1) is 11.8 Å². The van der Waals surface area contributed by atoms with E-state index in [0.29, 0.717) is 0 Å². The second-order valence-electron chi connectivity index (χ2n) is 5.88. The molecule has 1 aromatic carbocycles. The Morgan fingerprint density at radius 2 is 2.16 bits per heavy atom. The normalized spacial score (nSPS) is 23.3. The zero-order valence-corrected chi connectivity index (χ0v) is 12.1. The van der Waals surface area contributed by atoms with Crippen LogP contribution in [0.25, 0.3) is 10.9 Å². The zero-order valence-electron chi connectivity index (χ0n) is 11.4. The van der Waals surface area contributed by atoms with Gasteiger partial charge in [-0.25, -0.2) is 0 Å². The van der Waals surface area contributed by atoms with Crippen LogP contribution in [0.3, 0.4) is 0 Å². The maximum atomic E-state index is 6.40. The second-order valence-corrected chi connectivity index (χ2v) is 6.26. The lowest BCUT2D eigenvalue weighted by atomic mass is 10.1. The van der Waals surface area contributed by atoms with Crippen LogP contribution in [0.2, 0.25) is 5.02 Å². The number of benzene rings is 1. The molecule has 0 bridgehead atoms. The Hall–Kier alpha value is -0.990. The molecule has 1 fully saturated rings. The highest BCUT2D eigenvalue weighted by Gasteiger charge is 2.20. The van der Waals surface area contributed by atoms with E-state index < -0.39 is 0 Å². The van der Waals surface area contributed by atoms with Gasteiger partial charge in [-0.15, -0.1) is 0 Å². The Morgan fingerprint density at radius 1 is 1.32 bits per heavy atom. The number of fused-ring (bicyclic) bond motifs is 1. The van der Waals surface area contributed by atoms with Gasteiger partial charge in [0, 0.05) is 23.1 Å². The largest absolute Gasteiger partial charge is 0.356 e. The maximum Gasteiger partial charge on any atom is 0.0705 e. The molecule has 3 heteroatoms. The first-order valence-electron chi connectivity index (χ1n) is 7.20. The molecule has 0 amide bonds. The van der Waals surface area contributed by atoms with Gasteiger partial charge in [0.1, 0.15) is 0 Å². The monoisotopic (exact) mass is 276 g/mol. The summed E-state index contributed by atoms with van der Waals surface area (Å²) in [6, 6.07) is 8.20. The number of rotatable bonds is 4. The molecule has 1 heterocycles. The van der Waals surface area contributed by atoms with Gasteiger partial charge in [-0.2, -0.15) is 0 Å². The molecule has 1 aliphatic rings. The summed E-state index contributed by atoms with van der Waals surface area (Å²) in [5.41, 5.74) is 2.23. The van der Waals surface area contributed by atoms with Crippen molar-refractivity contribution in [2.24, 2.45) is 11.8 Å². The highest BCUT2D eigenvalue weighted by molar-refractivity contribution is 6.36. The standard InChI is InChI=1S/C16H21ClN2/c1-11-6-7-12(8-11)9-18-10-15-16(17)13-4-2-3-5-14(13)19-15/h2-5,11-12,18-19H,6-10H2,1H3. The van der Waals surface area contributed by atoms with E-state index in [-0.39, 0.29) is 0 Å². The molecule has 2 atom stereocenters. The number of para-hydroxylation sites is 1. The Labute approximate surface area is 119 Å².